The van der Waals surface area contributed by atoms with E-state index < -0.39 is 0 Å². The summed E-state index contributed by atoms with van der Waals surface area (Å²) >= 11 is 1.56. The summed E-state index contributed by atoms with van der Waals surface area (Å²) in [6.45, 7) is 5.12. The monoisotopic (exact) mass is 378 g/mol. The van der Waals surface area contributed by atoms with Gasteiger partial charge in [0.05, 0.1) is 10.9 Å². The third kappa shape index (κ3) is 4.65. The van der Waals surface area contributed by atoms with E-state index in [2.05, 4.69) is 0 Å². The van der Waals surface area contributed by atoms with Gasteiger partial charge in [-0.25, -0.2) is 0 Å². The van der Waals surface area contributed by atoms with Crippen molar-refractivity contribution in [3.8, 4) is 0 Å². The maximum Gasteiger partial charge on any atom is 0.263 e. The summed E-state index contributed by atoms with van der Waals surface area (Å²) in [5.41, 5.74) is 0. The Hall–Kier alpha value is -1.40. The van der Waals surface area contributed by atoms with Gasteiger partial charge in [0.1, 0.15) is 6.61 Å². The molecule has 2 fully saturated rings. The zero-order valence-corrected chi connectivity index (χ0v) is 16.6. The minimum atomic E-state index is 0.0550. The van der Waals surface area contributed by atoms with Gasteiger partial charge in [-0.05, 0) is 44.7 Å². The number of nitrogens with zero attached hydrogens (tertiary/aromatic N) is 2. The Morgan fingerprint density at radius 2 is 1.81 bits per heavy atom. The molecule has 2 aliphatic heterocycles. The van der Waals surface area contributed by atoms with Crippen LogP contribution in [0.3, 0.4) is 0 Å². The Morgan fingerprint density at radius 3 is 2.54 bits per heavy atom. The molecule has 0 saturated carbocycles. The van der Waals surface area contributed by atoms with Gasteiger partial charge in [0.15, 0.2) is 0 Å². The molecule has 0 bridgehead atoms. The lowest BCUT2D eigenvalue weighted by molar-refractivity contribution is -0.136. The fraction of sp³-hybridized carbons (Fsp3) is 0.700. The molecule has 0 radical (unpaired) electrons. The first-order valence-electron chi connectivity index (χ1n) is 9.97. The molecule has 0 N–H and O–H groups in total. The van der Waals surface area contributed by atoms with Gasteiger partial charge in [-0.2, -0.15) is 0 Å². The first kappa shape index (κ1) is 19.4. The zero-order valence-electron chi connectivity index (χ0n) is 15.7. The molecule has 1 atom stereocenters. The molecule has 6 heteroatoms. The van der Waals surface area contributed by atoms with Crippen molar-refractivity contribution >= 4 is 23.2 Å². The van der Waals surface area contributed by atoms with Crippen LogP contribution in [-0.4, -0.2) is 54.5 Å². The lowest BCUT2D eigenvalue weighted by atomic mass is 10.1. The van der Waals surface area contributed by atoms with Crippen LogP contribution in [0.15, 0.2) is 12.1 Å². The minimum absolute atomic E-state index is 0.0550. The number of hydrogen-bond acceptors (Lipinski definition) is 4. The number of likely N-dealkylation sites (tertiary alicyclic amines) is 2. The summed E-state index contributed by atoms with van der Waals surface area (Å²) in [6, 6.07) is 4.09. The highest BCUT2D eigenvalue weighted by atomic mass is 32.1. The Balaban J connectivity index is 1.66. The molecule has 5 nitrogen and oxygen atoms in total. The molecule has 144 valence electrons. The summed E-state index contributed by atoms with van der Waals surface area (Å²) in [4.78, 5) is 31.1. The first-order chi connectivity index (χ1) is 12.7. The van der Waals surface area contributed by atoms with Gasteiger partial charge < -0.3 is 14.5 Å². The highest BCUT2D eigenvalue weighted by Crippen LogP contribution is 2.36. The maximum absolute atomic E-state index is 12.9. The number of ether oxygens (including phenoxy) is 1. The molecule has 2 aliphatic rings. The van der Waals surface area contributed by atoms with Gasteiger partial charge in [-0.15, -0.1) is 11.3 Å². The molecular weight excluding hydrogens is 348 g/mol. The van der Waals surface area contributed by atoms with Crippen molar-refractivity contribution in [2.75, 3.05) is 32.8 Å². The predicted octanol–water partition coefficient (Wildman–Crippen LogP) is 3.85. The first-order valence-corrected chi connectivity index (χ1v) is 10.8. The van der Waals surface area contributed by atoms with Crippen LogP contribution >= 0.6 is 11.3 Å². The van der Waals surface area contributed by atoms with E-state index in [0.717, 1.165) is 55.1 Å². The third-order valence-corrected chi connectivity index (χ3v) is 6.49. The normalized spacial score (nSPS) is 21.5. The van der Waals surface area contributed by atoms with E-state index in [4.69, 9.17) is 4.74 Å². The number of hydrogen-bond donors (Lipinski definition) is 0. The van der Waals surface area contributed by atoms with Gasteiger partial charge in [0.2, 0.25) is 5.91 Å². The van der Waals surface area contributed by atoms with E-state index in [1.54, 1.807) is 11.3 Å². The smallest absolute Gasteiger partial charge is 0.263 e. The van der Waals surface area contributed by atoms with Crippen molar-refractivity contribution < 1.29 is 14.3 Å². The number of carbonyl (C=O) groups is 2. The van der Waals surface area contributed by atoms with E-state index >= 15 is 0 Å². The molecule has 26 heavy (non-hydrogen) atoms. The second-order valence-corrected chi connectivity index (χ2v) is 8.26. The standard InChI is InChI=1S/C20H30N2O3S/c1-2-25-15-19(23)22-14-8-9-16(22)17-10-11-18(26-17)20(24)21-12-6-4-3-5-7-13-21/h10-11,16H,2-9,12-15H2,1H3. The fourth-order valence-corrected chi connectivity index (χ4v) is 5.01. The van der Waals surface area contributed by atoms with Crippen molar-refractivity contribution in [3.63, 3.8) is 0 Å². The quantitative estimate of drug-likeness (QED) is 0.782. The molecule has 0 aliphatic carbocycles. The van der Waals surface area contributed by atoms with Gasteiger partial charge in [0.25, 0.3) is 5.91 Å². The van der Waals surface area contributed by atoms with E-state index in [-0.39, 0.29) is 24.5 Å². The molecule has 2 amide bonds. The second-order valence-electron chi connectivity index (χ2n) is 7.14. The van der Waals surface area contributed by atoms with Crippen LogP contribution in [-0.2, 0) is 9.53 Å². The largest absolute Gasteiger partial charge is 0.372 e. The average molecular weight is 379 g/mol. The molecule has 1 aromatic rings. The minimum Gasteiger partial charge on any atom is -0.372 e. The van der Waals surface area contributed by atoms with Crippen LogP contribution in [0.25, 0.3) is 0 Å². The van der Waals surface area contributed by atoms with E-state index in [0.29, 0.717) is 6.61 Å². The Morgan fingerprint density at radius 1 is 1.08 bits per heavy atom. The lowest BCUT2D eigenvalue weighted by Crippen LogP contribution is -2.33. The Kier molecular flexibility index (Phi) is 7.08. The highest BCUT2D eigenvalue weighted by molar-refractivity contribution is 7.14. The van der Waals surface area contributed by atoms with E-state index in [1.807, 2.05) is 28.9 Å². The molecule has 0 aromatic carbocycles. The highest BCUT2D eigenvalue weighted by Gasteiger charge is 2.31. The van der Waals surface area contributed by atoms with Gasteiger partial charge in [-0.3, -0.25) is 9.59 Å². The summed E-state index contributed by atoms with van der Waals surface area (Å²) in [5, 5.41) is 0. The van der Waals surface area contributed by atoms with Crippen molar-refractivity contribution in [2.45, 2.75) is 57.9 Å². The predicted molar refractivity (Wildman–Crippen MR) is 103 cm³/mol. The van der Waals surface area contributed by atoms with Crippen LogP contribution in [0, 0.1) is 0 Å². The molecule has 3 rings (SSSR count). The summed E-state index contributed by atoms with van der Waals surface area (Å²) in [6.07, 6.45) is 7.92. The van der Waals surface area contributed by atoms with Crippen LogP contribution in [0.4, 0.5) is 0 Å². The topological polar surface area (TPSA) is 49.9 Å². The number of amides is 2. The summed E-state index contributed by atoms with van der Waals surface area (Å²) < 4.78 is 5.29. The van der Waals surface area contributed by atoms with Gasteiger partial charge >= 0.3 is 0 Å². The molecule has 0 spiro atoms. The zero-order chi connectivity index (χ0) is 18.4. The molecule has 3 heterocycles. The lowest BCUT2D eigenvalue weighted by Gasteiger charge is -2.25. The van der Waals surface area contributed by atoms with Crippen molar-refractivity contribution in [1.29, 1.82) is 0 Å². The van der Waals surface area contributed by atoms with Crippen molar-refractivity contribution in [1.82, 2.24) is 9.80 Å². The maximum atomic E-state index is 12.9. The Bertz CT molecular complexity index is 608. The Labute approximate surface area is 160 Å². The van der Waals surface area contributed by atoms with E-state index in [9.17, 15) is 9.59 Å². The number of carbonyl (C=O) groups excluding carboxylic acids is 2. The second kappa shape index (κ2) is 9.51. The molecule has 1 aromatic heterocycles. The van der Waals surface area contributed by atoms with Crippen LogP contribution < -0.4 is 0 Å². The third-order valence-electron chi connectivity index (χ3n) is 5.31. The molecular formula is C20H30N2O3S. The SMILES string of the molecule is CCOCC(=O)N1CCCC1c1ccc(C(=O)N2CCCCCCC2)s1. The summed E-state index contributed by atoms with van der Waals surface area (Å²) in [7, 11) is 0. The van der Waals surface area contributed by atoms with Crippen molar-refractivity contribution in [2.24, 2.45) is 0 Å². The van der Waals surface area contributed by atoms with Gasteiger partial charge in [-0.1, -0.05) is 19.3 Å². The molecule has 2 saturated heterocycles. The van der Waals surface area contributed by atoms with Gasteiger partial charge in [0, 0.05) is 31.1 Å². The van der Waals surface area contributed by atoms with Crippen LogP contribution in [0.2, 0.25) is 0 Å². The fourth-order valence-electron chi connectivity index (χ4n) is 3.89. The van der Waals surface area contributed by atoms with Crippen molar-refractivity contribution in [3.05, 3.63) is 21.9 Å². The summed E-state index contributed by atoms with van der Waals surface area (Å²) in [5.74, 6) is 0.215. The van der Waals surface area contributed by atoms with Crippen LogP contribution in [0.5, 0.6) is 0 Å². The molecule has 1 unspecified atom stereocenters. The number of thiophene rings is 1. The van der Waals surface area contributed by atoms with Crippen LogP contribution in [0.1, 0.15) is 72.5 Å². The van der Waals surface area contributed by atoms with E-state index in [1.165, 1.54) is 19.3 Å². The number of rotatable bonds is 5. The average Bonchev–Trinajstić information content (AvgIpc) is 3.27.